The number of fused-ring (bicyclic) bond motifs is 5. The van der Waals surface area contributed by atoms with Gasteiger partial charge in [0.2, 0.25) is 0 Å². The third-order valence-corrected chi connectivity index (χ3v) is 11.4. The van der Waals surface area contributed by atoms with Crippen LogP contribution in [0.5, 0.6) is 5.75 Å². The maximum atomic E-state index is 12.6. The van der Waals surface area contributed by atoms with Gasteiger partial charge in [0.15, 0.2) is 12.4 Å². The minimum atomic E-state index is -0.0336. The summed E-state index contributed by atoms with van der Waals surface area (Å²) in [6.07, 6.45) is 17.1. The molecule has 4 atom stereocenters. The number of hydrogen-bond donors (Lipinski definition) is 0. The molecule has 4 heteroatoms. The molecular weight excluding hydrogens is 522 g/mol. The highest BCUT2D eigenvalue weighted by atomic mass is 32.2. The molecule has 0 spiro atoms. The number of benzene rings is 2. The first-order valence-electron chi connectivity index (χ1n) is 16.0. The monoisotopic (exact) mass is 568 g/mol. The van der Waals surface area contributed by atoms with Crippen molar-refractivity contribution in [1.82, 2.24) is 0 Å². The number of aryl methyl sites for hydroxylation is 2. The van der Waals surface area contributed by atoms with Crippen LogP contribution in [-0.2, 0) is 23.5 Å². The quantitative estimate of drug-likeness (QED) is 0.124. The number of aromatic nitrogens is 1. The first kappa shape index (κ1) is 28.5. The summed E-state index contributed by atoms with van der Waals surface area (Å²) in [5, 5.41) is 0. The maximum absolute atomic E-state index is 12.6. The van der Waals surface area contributed by atoms with Crippen molar-refractivity contribution in [3.05, 3.63) is 89.7 Å². The second-order valence-electron chi connectivity index (χ2n) is 12.9. The Morgan fingerprint density at radius 2 is 1.71 bits per heavy atom. The molecule has 0 bridgehead atoms. The molecule has 0 aliphatic heterocycles. The van der Waals surface area contributed by atoms with Crippen LogP contribution in [0.3, 0.4) is 0 Å². The van der Waals surface area contributed by atoms with Gasteiger partial charge in [-0.15, -0.1) is 11.8 Å². The Morgan fingerprint density at radius 1 is 0.902 bits per heavy atom. The standard InChI is InChI=1S/C37H46NO2S/c1-37-21-18-33-32-15-13-30(26-29(32)12-14-34(33)35(37)16-17-36(37)39)40-25-9-4-2-3-8-22-38-23-19-31(20-24-38)41-27-28-10-6-5-7-11-28/h5-7,10-11,13,15,19-20,23-24,26,33-35H,2-4,8-9,12,14,16-18,21-22,25,27H2,1H3/q+1/t33?,34?,35?,37-/m0/s1. The van der Waals surface area contributed by atoms with Crippen LogP contribution >= 0.6 is 11.8 Å². The SMILES string of the molecule is C[C@]12CCC3c4ccc(OCCCCCCC[n+]5ccc(SCc6ccccc6)cc5)cc4CCC3C1CCC2=O. The zero-order valence-electron chi connectivity index (χ0n) is 24.7. The van der Waals surface area contributed by atoms with E-state index in [0.717, 1.165) is 56.8 Å². The molecule has 6 rings (SSSR count). The molecule has 3 aliphatic rings. The van der Waals surface area contributed by atoms with Crippen molar-refractivity contribution in [2.45, 2.75) is 101 Å². The second-order valence-corrected chi connectivity index (χ2v) is 13.9. The number of hydrogen-bond acceptors (Lipinski definition) is 3. The smallest absolute Gasteiger partial charge is 0.169 e. The first-order valence-corrected chi connectivity index (χ1v) is 17.0. The maximum Gasteiger partial charge on any atom is 0.169 e. The summed E-state index contributed by atoms with van der Waals surface area (Å²) in [5.41, 5.74) is 4.38. The molecule has 2 saturated carbocycles. The van der Waals surface area contributed by atoms with E-state index in [1.54, 1.807) is 5.56 Å². The highest BCUT2D eigenvalue weighted by Gasteiger charge is 2.54. The average Bonchev–Trinajstić information content (AvgIpc) is 3.32. The number of ether oxygens (including phenoxy) is 1. The predicted molar refractivity (Wildman–Crippen MR) is 167 cm³/mol. The molecule has 216 valence electrons. The molecule has 0 N–H and O–H groups in total. The molecule has 3 nitrogen and oxygen atoms in total. The summed E-state index contributed by atoms with van der Waals surface area (Å²) in [7, 11) is 0. The largest absolute Gasteiger partial charge is 0.494 e. The van der Waals surface area contributed by atoms with E-state index in [-0.39, 0.29) is 5.41 Å². The molecule has 3 aromatic rings. The van der Waals surface area contributed by atoms with Gasteiger partial charge in [0.25, 0.3) is 0 Å². The van der Waals surface area contributed by atoms with E-state index in [1.807, 2.05) is 11.8 Å². The lowest BCUT2D eigenvalue weighted by atomic mass is 9.55. The van der Waals surface area contributed by atoms with Gasteiger partial charge in [-0.2, -0.15) is 0 Å². The molecule has 41 heavy (non-hydrogen) atoms. The van der Waals surface area contributed by atoms with Gasteiger partial charge in [-0.25, -0.2) is 4.57 Å². The van der Waals surface area contributed by atoms with Gasteiger partial charge in [-0.3, -0.25) is 4.79 Å². The summed E-state index contributed by atoms with van der Waals surface area (Å²) >= 11 is 1.90. The highest BCUT2D eigenvalue weighted by molar-refractivity contribution is 7.98. The fourth-order valence-electron chi connectivity index (χ4n) is 7.97. The van der Waals surface area contributed by atoms with Crippen LogP contribution in [0.1, 0.15) is 93.7 Å². The number of unbranched alkanes of at least 4 members (excludes halogenated alkanes) is 4. The topological polar surface area (TPSA) is 30.2 Å². The molecular formula is C37H46NO2S+. The fraction of sp³-hybridized carbons (Fsp3) is 0.514. The van der Waals surface area contributed by atoms with Gasteiger partial charge in [-0.05, 0) is 91.5 Å². The molecule has 1 aromatic heterocycles. The summed E-state index contributed by atoms with van der Waals surface area (Å²) in [5.74, 6) is 4.54. The lowest BCUT2D eigenvalue weighted by Crippen LogP contribution is -2.42. The number of pyridine rings is 1. The van der Waals surface area contributed by atoms with E-state index in [0.29, 0.717) is 23.5 Å². The molecule has 3 unspecified atom stereocenters. The van der Waals surface area contributed by atoms with E-state index in [1.165, 1.54) is 54.5 Å². The van der Waals surface area contributed by atoms with Crippen LogP contribution in [0.15, 0.2) is 78.0 Å². The number of nitrogens with zero attached hydrogens (tertiary/aromatic N) is 1. The Bertz CT molecular complexity index is 1310. The van der Waals surface area contributed by atoms with Crippen LogP contribution < -0.4 is 9.30 Å². The van der Waals surface area contributed by atoms with Crippen LogP contribution in [0, 0.1) is 17.3 Å². The Labute approximate surface area is 251 Å². The molecule has 0 amide bonds. The fourth-order valence-corrected chi connectivity index (χ4v) is 8.81. The molecule has 2 aromatic carbocycles. The Hall–Kier alpha value is -2.59. The van der Waals surface area contributed by atoms with Gasteiger partial charge in [0, 0.05) is 41.0 Å². The highest BCUT2D eigenvalue weighted by Crippen LogP contribution is 2.59. The Morgan fingerprint density at radius 3 is 2.56 bits per heavy atom. The van der Waals surface area contributed by atoms with Gasteiger partial charge < -0.3 is 4.74 Å². The molecule has 0 radical (unpaired) electrons. The van der Waals surface area contributed by atoms with E-state index >= 15 is 0 Å². The normalized spacial score (nSPS) is 24.9. The molecule has 1 heterocycles. The zero-order valence-corrected chi connectivity index (χ0v) is 25.5. The Kier molecular flexibility index (Phi) is 9.15. The zero-order chi connectivity index (χ0) is 28.1. The number of thioether (sulfide) groups is 1. The van der Waals surface area contributed by atoms with Gasteiger partial charge in [0.1, 0.15) is 18.1 Å². The van der Waals surface area contributed by atoms with Crippen molar-refractivity contribution in [3.8, 4) is 5.75 Å². The lowest BCUT2D eigenvalue weighted by molar-refractivity contribution is -0.697. The van der Waals surface area contributed by atoms with Crippen molar-refractivity contribution in [2.24, 2.45) is 17.3 Å². The second kappa shape index (κ2) is 13.2. The number of Topliss-reactive ketones (excluding diaryl/α,β-unsaturated/α-hetero) is 1. The Balaban J connectivity index is 0.866. The van der Waals surface area contributed by atoms with Crippen LogP contribution in [0.25, 0.3) is 0 Å². The minimum Gasteiger partial charge on any atom is -0.494 e. The number of carbonyl (C=O) groups excluding carboxylic acids is 1. The first-order chi connectivity index (χ1) is 20.1. The van der Waals surface area contributed by atoms with E-state index in [2.05, 4.69) is 84.5 Å². The number of ketones is 1. The van der Waals surface area contributed by atoms with Crippen LogP contribution in [0.2, 0.25) is 0 Å². The number of rotatable bonds is 12. The van der Waals surface area contributed by atoms with Crippen molar-refractivity contribution < 1.29 is 14.1 Å². The van der Waals surface area contributed by atoms with Crippen LogP contribution in [-0.4, -0.2) is 12.4 Å². The van der Waals surface area contributed by atoms with Crippen LogP contribution in [0.4, 0.5) is 0 Å². The summed E-state index contributed by atoms with van der Waals surface area (Å²) in [6.45, 7) is 4.16. The molecule has 3 aliphatic carbocycles. The van der Waals surface area contributed by atoms with E-state index < -0.39 is 0 Å². The summed E-state index contributed by atoms with van der Waals surface area (Å²) < 4.78 is 8.50. The lowest BCUT2D eigenvalue weighted by Gasteiger charge is -2.48. The van der Waals surface area contributed by atoms with Gasteiger partial charge >= 0.3 is 0 Å². The third-order valence-electron chi connectivity index (χ3n) is 10.3. The predicted octanol–water partition coefficient (Wildman–Crippen LogP) is 8.72. The summed E-state index contributed by atoms with van der Waals surface area (Å²) in [6, 6.07) is 22.0. The van der Waals surface area contributed by atoms with E-state index in [4.69, 9.17) is 4.74 Å². The van der Waals surface area contributed by atoms with Crippen molar-refractivity contribution in [1.29, 1.82) is 0 Å². The van der Waals surface area contributed by atoms with Gasteiger partial charge in [0.05, 0.1) is 6.61 Å². The van der Waals surface area contributed by atoms with Crippen molar-refractivity contribution in [2.75, 3.05) is 6.61 Å². The van der Waals surface area contributed by atoms with Gasteiger partial charge in [-0.1, -0.05) is 56.2 Å². The van der Waals surface area contributed by atoms with E-state index in [9.17, 15) is 4.79 Å². The molecule has 0 saturated heterocycles. The summed E-state index contributed by atoms with van der Waals surface area (Å²) in [4.78, 5) is 13.9. The third kappa shape index (κ3) is 6.58. The minimum absolute atomic E-state index is 0.0336. The van der Waals surface area contributed by atoms with Crippen molar-refractivity contribution in [3.63, 3.8) is 0 Å². The molecule has 2 fully saturated rings. The van der Waals surface area contributed by atoms with Crippen molar-refractivity contribution >= 4 is 17.5 Å². The number of carbonyl (C=O) groups is 1. The average molecular weight is 569 g/mol.